The van der Waals surface area contributed by atoms with Gasteiger partial charge in [-0.05, 0) is 50.4 Å². The summed E-state index contributed by atoms with van der Waals surface area (Å²) in [4.78, 5) is 25.2. The van der Waals surface area contributed by atoms with Crippen LogP contribution in [0.15, 0.2) is 33.8 Å². The Kier molecular flexibility index (Phi) is 5.63. The topological polar surface area (TPSA) is 102 Å². The number of fused-ring (bicyclic) bond motifs is 3. The van der Waals surface area contributed by atoms with E-state index in [9.17, 15) is 9.90 Å². The van der Waals surface area contributed by atoms with Crippen molar-refractivity contribution in [2.45, 2.75) is 57.1 Å². The van der Waals surface area contributed by atoms with Crippen LogP contribution in [-0.2, 0) is 6.54 Å². The fourth-order valence-corrected chi connectivity index (χ4v) is 5.59. The lowest BCUT2D eigenvalue weighted by atomic mass is 10.1. The molecule has 10 heteroatoms. The van der Waals surface area contributed by atoms with E-state index in [-0.39, 0.29) is 17.6 Å². The van der Waals surface area contributed by atoms with Gasteiger partial charge in [-0.25, -0.2) is 4.98 Å². The maximum Gasteiger partial charge on any atom is 0.277 e. The molecule has 1 saturated heterocycles. The molecule has 2 fully saturated rings. The van der Waals surface area contributed by atoms with E-state index in [1.807, 2.05) is 18.2 Å². The molecule has 1 unspecified atom stereocenters. The van der Waals surface area contributed by atoms with Gasteiger partial charge in [-0.15, -0.1) is 0 Å². The first kappa shape index (κ1) is 21.8. The quantitative estimate of drug-likeness (QED) is 0.464. The van der Waals surface area contributed by atoms with Gasteiger partial charge in [0.05, 0.1) is 17.1 Å². The number of imidazole rings is 1. The Morgan fingerprint density at radius 2 is 1.97 bits per heavy atom. The van der Waals surface area contributed by atoms with Crippen LogP contribution in [0.4, 0.5) is 0 Å². The molecule has 1 saturated carbocycles. The average Bonchev–Trinajstić information content (AvgIpc) is 3.59. The lowest BCUT2D eigenvalue weighted by Crippen LogP contribution is -2.40. The van der Waals surface area contributed by atoms with Crippen LogP contribution >= 0.6 is 11.6 Å². The first-order valence-electron chi connectivity index (χ1n) is 12.0. The van der Waals surface area contributed by atoms with Gasteiger partial charge in [0.1, 0.15) is 17.5 Å². The number of piperidine rings is 1. The van der Waals surface area contributed by atoms with Crippen LogP contribution in [0.1, 0.15) is 50.3 Å². The van der Waals surface area contributed by atoms with Crippen LogP contribution in [-0.4, -0.2) is 59.8 Å². The summed E-state index contributed by atoms with van der Waals surface area (Å²) in [5.74, 6) is 1.26. The van der Waals surface area contributed by atoms with Crippen LogP contribution in [0.3, 0.4) is 0 Å². The molecule has 178 valence electrons. The summed E-state index contributed by atoms with van der Waals surface area (Å²) in [6, 6.07) is 5.53. The fraction of sp³-hybridized carbons (Fsp3) is 0.500. The van der Waals surface area contributed by atoms with Gasteiger partial charge in [-0.2, -0.15) is 4.98 Å². The standard InChI is InChI=1S/C24H27ClN6O3/c25-16-7-8-18-19(12-16)30(11-10-29-9-3-6-17(32)13-29)24(33)21-20(26-14-31(18)21)22-27-23(34-28-22)15-4-1-2-5-15/h7-8,12,14-15,17,32H,1-6,9-11,13H2. The monoisotopic (exact) mass is 482 g/mol. The Balaban J connectivity index is 1.44. The molecule has 3 aromatic heterocycles. The maximum atomic E-state index is 13.8. The summed E-state index contributed by atoms with van der Waals surface area (Å²) >= 11 is 6.31. The largest absolute Gasteiger partial charge is 0.392 e. The van der Waals surface area contributed by atoms with Crippen molar-refractivity contribution in [1.82, 2.24) is 29.0 Å². The van der Waals surface area contributed by atoms with E-state index in [1.165, 1.54) is 12.8 Å². The average molecular weight is 483 g/mol. The Morgan fingerprint density at radius 1 is 1.12 bits per heavy atom. The van der Waals surface area contributed by atoms with E-state index in [4.69, 9.17) is 16.1 Å². The van der Waals surface area contributed by atoms with Gasteiger partial charge in [0.25, 0.3) is 5.56 Å². The van der Waals surface area contributed by atoms with E-state index < -0.39 is 0 Å². The van der Waals surface area contributed by atoms with Crippen molar-refractivity contribution in [2.24, 2.45) is 0 Å². The third-order valence-electron chi connectivity index (χ3n) is 7.18. The summed E-state index contributed by atoms with van der Waals surface area (Å²) in [6.07, 6.45) is 7.55. The van der Waals surface area contributed by atoms with Crippen molar-refractivity contribution in [3.05, 3.63) is 45.8 Å². The second kappa shape index (κ2) is 8.79. The number of aliphatic hydroxyl groups excluding tert-OH is 1. The van der Waals surface area contributed by atoms with Crippen molar-refractivity contribution in [2.75, 3.05) is 19.6 Å². The molecule has 0 spiro atoms. The molecular formula is C24H27ClN6O3. The molecule has 0 amide bonds. The molecule has 1 aromatic carbocycles. The normalized spacial score (nSPS) is 20.1. The summed E-state index contributed by atoms with van der Waals surface area (Å²) in [6.45, 7) is 2.67. The first-order chi connectivity index (χ1) is 16.6. The Hall–Kier alpha value is -2.75. The third kappa shape index (κ3) is 3.81. The van der Waals surface area contributed by atoms with Crippen LogP contribution < -0.4 is 5.56 Å². The Bertz CT molecular complexity index is 1400. The third-order valence-corrected chi connectivity index (χ3v) is 7.42. The van der Waals surface area contributed by atoms with Gasteiger partial charge < -0.3 is 14.2 Å². The van der Waals surface area contributed by atoms with Gasteiger partial charge >= 0.3 is 0 Å². The zero-order chi connectivity index (χ0) is 23.2. The molecule has 0 radical (unpaired) electrons. The highest BCUT2D eigenvalue weighted by Gasteiger charge is 2.26. The molecule has 6 rings (SSSR count). The van der Waals surface area contributed by atoms with Crippen LogP contribution in [0.25, 0.3) is 28.1 Å². The highest BCUT2D eigenvalue weighted by molar-refractivity contribution is 6.31. The van der Waals surface area contributed by atoms with Gasteiger partial charge in [-0.3, -0.25) is 14.1 Å². The van der Waals surface area contributed by atoms with E-state index >= 15 is 0 Å². The molecule has 2 aliphatic rings. The Labute approximate surface area is 201 Å². The van der Waals surface area contributed by atoms with Crippen molar-refractivity contribution >= 4 is 28.2 Å². The molecule has 1 aliphatic carbocycles. The molecule has 9 nitrogen and oxygen atoms in total. The number of nitrogens with zero attached hydrogens (tertiary/aromatic N) is 6. The van der Waals surface area contributed by atoms with E-state index in [0.29, 0.717) is 47.6 Å². The van der Waals surface area contributed by atoms with Gasteiger partial charge in [0, 0.05) is 30.6 Å². The smallest absolute Gasteiger partial charge is 0.277 e. The second-order valence-electron chi connectivity index (χ2n) is 9.44. The first-order valence-corrected chi connectivity index (χ1v) is 12.4. The number of aromatic nitrogens is 5. The van der Waals surface area contributed by atoms with Crippen molar-refractivity contribution in [1.29, 1.82) is 0 Å². The molecule has 0 bridgehead atoms. The fourth-order valence-electron chi connectivity index (χ4n) is 5.42. The van der Waals surface area contributed by atoms with Crippen molar-refractivity contribution < 1.29 is 9.63 Å². The summed E-state index contributed by atoms with van der Waals surface area (Å²) in [5.41, 5.74) is 2.25. The second-order valence-corrected chi connectivity index (χ2v) is 9.87. The number of benzene rings is 1. The maximum absolute atomic E-state index is 13.8. The molecule has 1 aliphatic heterocycles. The van der Waals surface area contributed by atoms with Crippen molar-refractivity contribution in [3.63, 3.8) is 0 Å². The van der Waals surface area contributed by atoms with Gasteiger partial charge in [0.15, 0.2) is 0 Å². The van der Waals surface area contributed by atoms with Crippen LogP contribution in [0, 0.1) is 0 Å². The molecule has 4 heterocycles. The van der Waals surface area contributed by atoms with E-state index in [2.05, 4.69) is 20.0 Å². The number of halogens is 1. The minimum Gasteiger partial charge on any atom is -0.392 e. The molecule has 4 aromatic rings. The highest BCUT2D eigenvalue weighted by Crippen LogP contribution is 2.34. The Morgan fingerprint density at radius 3 is 2.79 bits per heavy atom. The summed E-state index contributed by atoms with van der Waals surface area (Å²) < 4.78 is 9.10. The number of hydrogen-bond acceptors (Lipinski definition) is 7. The predicted molar refractivity (Wildman–Crippen MR) is 128 cm³/mol. The lowest BCUT2D eigenvalue weighted by molar-refractivity contribution is 0.0690. The minimum absolute atomic E-state index is 0.174. The summed E-state index contributed by atoms with van der Waals surface area (Å²) in [7, 11) is 0. The van der Waals surface area contributed by atoms with E-state index in [0.717, 1.165) is 43.3 Å². The number of hydrogen-bond donors (Lipinski definition) is 1. The number of rotatable bonds is 5. The zero-order valence-corrected chi connectivity index (χ0v) is 19.6. The number of β-amino-alcohol motifs (C(OH)–C–C–N with tert-alkyl or cyclic N) is 1. The number of aliphatic hydroxyl groups is 1. The molecule has 34 heavy (non-hydrogen) atoms. The van der Waals surface area contributed by atoms with Gasteiger partial charge in [0.2, 0.25) is 11.7 Å². The lowest BCUT2D eigenvalue weighted by Gasteiger charge is -2.30. The zero-order valence-electron chi connectivity index (χ0n) is 18.9. The number of likely N-dealkylation sites (tertiary alicyclic amines) is 1. The highest BCUT2D eigenvalue weighted by atomic mass is 35.5. The predicted octanol–water partition coefficient (Wildman–Crippen LogP) is 3.47. The van der Waals surface area contributed by atoms with Crippen molar-refractivity contribution in [3.8, 4) is 11.5 Å². The molecule has 1 atom stereocenters. The van der Waals surface area contributed by atoms with Crippen LogP contribution in [0.5, 0.6) is 0 Å². The van der Waals surface area contributed by atoms with Gasteiger partial charge in [-0.1, -0.05) is 29.6 Å². The summed E-state index contributed by atoms with van der Waals surface area (Å²) in [5, 5.41) is 14.8. The molecule has 1 N–H and O–H groups in total. The SMILES string of the molecule is O=c1c2c(-c3noc(C4CCCC4)n3)ncn2c2ccc(Cl)cc2n1CCN1CCCC(O)C1. The molecular weight excluding hydrogens is 456 g/mol. The van der Waals surface area contributed by atoms with E-state index in [1.54, 1.807) is 15.3 Å². The van der Waals surface area contributed by atoms with Crippen LogP contribution in [0.2, 0.25) is 5.02 Å². The minimum atomic E-state index is -0.312.